The van der Waals surface area contributed by atoms with Gasteiger partial charge in [-0.05, 0) is 25.1 Å². The van der Waals surface area contributed by atoms with Gasteiger partial charge in [0, 0.05) is 23.0 Å². The van der Waals surface area contributed by atoms with E-state index < -0.39 is 10.8 Å². The van der Waals surface area contributed by atoms with E-state index in [9.17, 15) is 14.9 Å². The van der Waals surface area contributed by atoms with Crippen molar-refractivity contribution in [3.8, 4) is 0 Å². The van der Waals surface area contributed by atoms with Gasteiger partial charge in [0.25, 0.3) is 11.6 Å². The van der Waals surface area contributed by atoms with Crippen molar-refractivity contribution in [3.05, 3.63) is 61.9 Å². The summed E-state index contributed by atoms with van der Waals surface area (Å²) < 4.78 is 0. The summed E-state index contributed by atoms with van der Waals surface area (Å²) in [5, 5.41) is 13.8. The molecule has 1 heterocycles. The van der Waals surface area contributed by atoms with E-state index in [-0.39, 0.29) is 27.0 Å². The first-order valence-electron chi connectivity index (χ1n) is 5.76. The standard InChI is InChI=1S/C13H9Cl2N3O3/c1-7-4-10(15)9(6-16-7)13(19)17-11-3-2-8(14)5-12(11)18(20)21/h2-6H,1H3,(H,17,19). The second-order valence-electron chi connectivity index (χ2n) is 4.18. The molecule has 0 aliphatic rings. The molecule has 0 aliphatic carbocycles. The van der Waals surface area contributed by atoms with Gasteiger partial charge in [-0.3, -0.25) is 19.9 Å². The summed E-state index contributed by atoms with van der Waals surface area (Å²) in [7, 11) is 0. The molecule has 2 aromatic rings. The number of nitro benzene ring substituents is 1. The van der Waals surface area contributed by atoms with Gasteiger partial charge in [0.05, 0.1) is 15.5 Å². The fraction of sp³-hybridized carbons (Fsp3) is 0.0769. The Morgan fingerprint density at radius 1 is 1.33 bits per heavy atom. The minimum Gasteiger partial charge on any atom is -0.316 e. The van der Waals surface area contributed by atoms with E-state index in [2.05, 4.69) is 10.3 Å². The smallest absolute Gasteiger partial charge is 0.294 e. The fourth-order valence-corrected chi connectivity index (χ4v) is 2.10. The van der Waals surface area contributed by atoms with Crippen LogP contribution in [0, 0.1) is 17.0 Å². The number of nitrogens with one attached hydrogen (secondary N) is 1. The molecule has 1 N–H and O–H groups in total. The predicted octanol–water partition coefficient (Wildman–Crippen LogP) is 3.86. The van der Waals surface area contributed by atoms with Crippen LogP contribution in [0.2, 0.25) is 10.0 Å². The van der Waals surface area contributed by atoms with Gasteiger partial charge in [0.1, 0.15) is 5.69 Å². The van der Waals surface area contributed by atoms with Crippen molar-refractivity contribution in [2.24, 2.45) is 0 Å². The van der Waals surface area contributed by atoms with E-state index in [1.165, 1.54) is 24.4 Å². The van der Waals surface area contributed by atoms with E-state index in [4.69, 9.17) is 23.2 Å². The van der Waals surface area contributed by atoms with Crippen LogP contribution in [0.1, 0.15) is 16.1 Å². The van der Waals surface area contributed by atoms with Crippen LogP contribution in [0.25, 0.3) is 0 Å². The van der Waals surface area contributed by atoms with Gasteiger partial charge < -0.3 is 5.32 Å². The van der Waals surface area contributed by atoms with Crippen molar-refractivity contribution in [2.75, 3.05) is 5.32 Å². The number of carbonyl (C=O) groups excluding carboxylic acids is 1. The van der Waals surface area contributed by atoms with Crippen LogP contribution in [0.3, 0.4) is 0 Å². The van der Waals surface area contributed by atoms with E-state index in [0.717, 1.165) is 6.07 Å². The Hall–Kier alpha value is -2.18. The molecule has 6 nitrogen and oxygen atoms in total. The lowest BCUT2D eigenvalue weighted by molar-refractivity contribution is -0.383. The number of nitro groups is 1. The van der Waals surface area contributed by atoms with Crippen LogP contribution in [0.4, 0.5) is 11.4 Å². The van der Waals surface area contributed by atoms with Crippen LogP contribution >= 0.6 is 23.2 Å². The van der Waals surface area contributed by atoms with Gasteiger partial charge in [0.15, 0.2) is 0 Å². The Morgan fingerprint density at radius 2 is 2.05 bits per heavy atom. The summed E-state index contributed by atoms with van der Waals surface area (Å²) in [6.07, 6.45) is 1.31. The van der Waals surface area contributed by atoms with E-state index in [0.29, 0.717) is 5.69 Å². The third-order valence-corrected chi connectivity index (χ3v) is 3.19. The molecule has 1 aromatic carbocycles. The van der Waals surface area contributed by atoms with Gasteiger partial charge in [-0.1, -0.05) is 23.2 Å². The normalized spacial score (nSPS) is 10.2. The molecule has 1 amide bonds. The van der Waals surface area contributed by atoms with Crippen molar-refractivity contribution in [1.82, 2.24) is 4.98 Å². The molecule has 0 bridgehead atoms. The van der Waals surface area contributed by atoms with E-state index >= 15 is 0 Å². The highest BCUT2D eigenvalue weighted by atomic mass is 35.5. The maximum absolute atomic E-state index is 12.1. The maximum Gasteiger partial charge on any atom is 0.294 e. The Morgan fingerprint density at radius 3 is 2.67 bits per heavy atom. The molecule has 0 spiro atoms. The number of nitrogens with zero attached hydrogens (tertiary/aromatic N) is 2. The number of benzene rings is 1. The first-order chi connectivity index (χ1) is 9.88. The van der Waals surface area contributed by atoms with Crippen LogP contribution in [0.5, 0.6) is 0 Å². The molecule has 0 aliphatic heterocycles. The lowest BCUT2D eigenvalue weighted by Gasteiger charge is -2.07. The van der Waals surface area contributed by atoms with E-state index in [1.807, 2.05) is 0 Å². The van der Waals surface area contributed by atoms with Gasteiger partial charge in [-0.2, -0.15) is 0 Å². The number of aromatic nitrogens is 1. The summed E-state index contributed by atoms with van der Waals surface area (Å²) in [6.45, 7) is 1.73. The van der Waals surface area contributed by atoms with Crippen LogP contribution < -0.4 is 5.32 Å². The zero-order valence-electron chi connectivity index (χ0n) is 10.8. The van der Waals surface area contributed by atoms with Crippen LogP contribution in [-0.4, -0.2) is 15.8 Å². The van der Waals surface area contributed by atoms with Crippen molar-refractivity contribution in [1.29, 1.82) is 0 Å². The van der Waals surface area contributed by atoms with Gasteiger partial charge in [-0.15, -0.1) is 0 Å². The molecule has 0 unspecified atom stereocenters. The molecule has 8 heteroatoms. The minimum absolute atomic E-state index is 0.0334. The monoisotopic (exact) mass is 325 g/mol. The average molecular weight is 326 g/mol. The highest BCUT2D eigenvalue weighted by Crippen LogP contribution is 2.28. The summed E-state index contributed by atoms with van der Waals surface area (Å²) in [6, 6.07) is 5.49. The van der Waals surface area contributed by atoms with Crippen molar-refractivity contribution < 1.29 is 9.72 Å². The Kier molecular flexibility index (Phi) is 4.40. The molecule has 1 aromatic heterocycles. The number of aryl methyl sites for hydroxylation is 1. The molecule has 2 rings (SSSR count). The average Bonchev–Trinajstić information content (AvgIpc) is 2.40. The molecule has 21 heavy (non-hydrogen) atoms. The number of rotatable bonds is 3. The molecule has 0 radical (unpaired) electrons. The largest absolute Gasteiger partial charge is 0.316 e. The number of halogens is 2. The summed E-state index contributed by atoms with van der Waals surface area (Å²) in [4.78, 5) is 26.4. The molecule has 0 atom stereocenters. The summed E-state index contributed by atoms with van der Waals surface area (Å²) in [5.41, 5.74) is 0.527. The first kappa shape index (κ1) is 15.2. The van der Waals surface area contributed by atoms with Crippen LogP contribution in [-0.2, 0) is 0 Å². The first-order valence-corrected chi connectivity index (χ1v) is 6.51. The van der Waals surface area contributed by atoms with Crippen molar-refractivity contribution in [2.45, 2.75) is 6.92 Å². The Bertz CT molecular complexity index is 735. The van der Waals surface area contributed by atoms with Crippen molar-refractivity contribution in [3.63, 3.8) is 0 Å². The Balaban J connectivity index is 2.34. The third kappa shape index (κ3) is 3.48. The topological polar surface area (TPSA) is 85.1 Å². The summed E-state index contributed by atoms with van der Waals surface area (Å²) >= 11 is 11.7. The maximum atomic E-state index is 12.1. The summed E-state index contributed by atoms with van der Waals surface area (Å²) in [5.74, 6) is -0.585. The second kappa shape index (κ2) is 6.07. The number of carbonyl (C=O) groups is 1. The lowest BCUT2D eigenvalue weighted by Crippen LogP contribution is -2.14. The predicted molar refractivity (Wildman–Crippen MR) is 80.0 cm³/mol. The third-order valence-electron chi connectivity index (χ3n) is 2.64. The molecular weight excluding hydrogens is 317 g/mol. The van der Waals surface area contributed by atoms with E-state index in [1.54, 1.807) is 6.92 Å². The van der Waals surface area contributed by atoms with Crippen molar-refractivity contribution >= 4 is 40.5 Å². The Labute approximate surface area is 129 Å². The fourth-order valence-electron chi connectivity index (χ4n) is 1.64. The number of anilines is 1. The minimum atomic E-state index is -0.628. The highest BCUT2D eigenvalue weighted by Gasteiger charge is 2.18. The molecule has 0 saturated carbocycles. The molecule has 0 fully saturated rings. The quantitative estimate of drug-likeness (QED) is 0.685. The molecule has 108 valence electrons. The number of hydrogen-bond donors (Lipinski definition) is 1. The van der Waals surface area contributed by atoms with Gasteiger partial charge in [-0.25, -0.2) is 0 Å². The zero-order chi connectivity index (χ0) is 15.6. The van der Waals surface area contributed by atoms with Crippen LogP contribution in [0.15, 0.2) is 30.5 Å². The number of hydrogen-bond acceptors (Lipinski definition) is 4. The lowest BCUT2D eigenvalue weighted by atomic mass is 10.2. The van der Waals surface area contributed by atoms with Gasteiger partial charge >= 0.3 is 0 Å². The highest BCUT2D eigenvalue weighted by molar-refractivity contribution is 6.34. The van der Waals surface area contributed by atoms with Gasteiger partial charge in [0.2, 0.25) is 0 Å². The number of pyridine rings is 1. The second-order valence-corrected chi connectivity index (χ2v) is 5.02. The molecular formula is C13H9Cl2N3O3. The SMILES string of the molecule is Cc1cc(Cl)c(C(=O)Nc2ccc(Cl)cc2[N+](=O)[O-])cn1. The zero-order valence-corrected chi connectivity index (χ0v) is 12.3. The number of amides is 1. The molecule has 0 saturated heterocycles.